The minimum Gasteiger partial charge on any atom is -0.454 e. The second kappa shape index (κ2) is 43.9. The Morgan fingerprint density at radius 3 is 1.56 bits per heavy atom. The Morgan fingerprint density at radius 2 is 1.05 bits per heavy atom. The Bertz CT molecular complexity index is 1260. The quantitative estimate of drug-likeness (QED) is 0.0196. The van der Waals surface area contributed by atoms with Crippen LogP contribution >= 0.6 is 0 Å². The maximum Gasteiger partial charge on any atom is 0.306 e. The molecule has 0 saturated carbocycles. The molecule has 1 aliphatic heterocycles. The van der Waals surface area contributed by atoms with Crippen molar-refractivity contribution < 1.29 is 49.3 Å². The van der Waals surface area contributed by atoms with Gasteiger partial charge in [0, 0.05) is 12.8 Å². The number of hydrogen-bond acceptors (Lipinski definition) is 10. The average molecular weight is 934 g/mol. The number of amides is 1. The topological polar surface area (TPSA) is 175 Å². The summed E-state index contributed by atoms with van der Waals surface area (Å²) in [5.74, 6) is -1.28. The molecule has 66 heavy (non-hydrogen) atoms. The maximum atomic E-state index is 13.3. The molecule has 1 fully saturated rings. The van der Waals surface area contributed by atoms with E-state index in [-0.39, 0.29) is 19.4 Å². The molecule has 0 radical (unpaired) electrons. The summed E-state index contributed by atoms with van der Waals surface area (Å²) in [5.41, 5.74) is 0. The highest BCUT2D eigenvalue weighted by Crippen LogP contribution is 2.26. The van der Waals surface area contributed by atoms with Crippen LogP contribution in [0.1, 0.15) is 226 Å². The van der Waals surface area contributed by atoms with Gasteiger partial charge in [0.15, 0.2) is 12.4 Å². The zero-order valence-electron chi connectivity index (χ0n) is 42.1. The number of aliphatic hydroxyl groups excluding tert-OH is 5. The Labute approximate surface area is 402 Å². The molecule has 0 aromatic carbocycles. The molecule has 11 nitrogen and oxygen atoms in total. The van der Waals surface area contributed by atoms with E-state index in [2.05, 4.69) is 50.4 Å². The van der Waals surface area contributed by atoms with E-state index in [4.69, 9.17) is 14.2 Å². The minimum atomic E-state index is -1.63. The number of allylic oxidation sites excluding steroid dienone is 6. The number of nitrogens with one attached hydrogen (secondary N) is 1. The lowest BCUT2D eigenvalue weighted by molar-refractivity contribution is -0.305. The minimum absolute atomic E-state index is 0.0807. The average Bonchev–Trinajstić information content (AvgIpc) is 3.31. The van der Waals surface area contributed by atoms with Gasteiger partial charge in [-0.25, -0.2) is 0 Å². The summed E-state index contributed by atoms with van der Waals surface area (Å²) in [4.78, 5) is 26.3. The van der Waals surface area contributed by atoms with Crippen LogP contribution in [0, 0.1) is 0 Å². The van der Waals surface area contributed by atoms with E-state index in [9.17, 15) is 35.1 Å². The highest BCUT2D eigenvalue weighted by atomic mass is 16.7. The van der Waals surface area contributed by atoms with Crippen LogP contribution in [0.15, 0.2) is 48.6 Å². The Kier molecular flexibility index (Phi) is 41.0. The van der Waals surface area contributed by atoms with E-state index in [1.807, 2.05) is 12.2 Å². The van der Waals surface area contributed by atoms with Crippen LogP contribution in [-0.4, -0.2) is 99.6 Å². The summed E-state index contributed by atoms with van der Waals surface area (Å²) in [5, 5.41) is 56.5. The zero-order chi connectivity index (χ0) is 48.3. The SMILES string of the molecule is CCCCCCCC/C=C\C/C=C/CC(O)C(=O)NC(COC1OC(CO)C(O)C(O)C1OC(=O)CCCCC/C=C\CCCCCCCC)C(O)/C=C/CCCCCCCCCCCC. The fourth-order valence-corrected chi connectivity index (χ4v) is 8.10. The molecule has 6 N–H and O–H groups in total. The van der Waals surface area contributed by atoms with Crippen molar-refractivity contribution >= 4 is 11.9 Å². The second-order valence-electron chi connectivity index (χ2n) is 18.6. The van der Waals surface area contributed by atoms with Crippen LogP contribution in [0.2, 0.25) is 0 Å². The number of ether oxygens (including phenoxy) is 3. The molecule has 11 heteroatoms. The van der Waals surface area contributed by atoms with E-state index >= 15 is 0 Å². The first kappa shape index (κ1) is 61.6. The molecule has 0 aromatic rings. The van der Waals surface area contributed by atoms with Gasteiger partial charge in [-0.05, 0) is 64.2 Å². The predicted molar refractivity (Wildman–Crippen MR) is 269 cm³/mol. The van der Waals surface area contributed by atoms with Gasteiger partial charge in [-0.2, -0.15) is 0 Å². The fraction of sp³-hybridized carbons (Fsp3) is 0.818. The number of esters is 1. The Hall–Kier alpha value is -2.38. The first-order chi connectivity index (χ1) is 32.2. The molecule has 1 aliphatic rings. The molecule has 0 aliphatic carbocycles. The van der Waals surface area contributed by atoms with Gasteiger partial charge >= 0.3 is 5.97 Å². The number of aliphatic hydroxyl groups is 5. The Balaban J connectivity index is 2.82. The van der Waals surface area contributed by atoms with Crippen LogP contribution in [0.3, 0.4) is 0 Å². The number of unbranched alkanes of at least 4 members (excludes halogenated alkanes) is 25. The summed E-state index contributed by atoms with van der Waals surface area (Å²) < 4.78 is 17.5. The molecule has 1 amide bonds. The monoisotopic (exact) mass is 934 g/mol. The van der Waals surface area contributed by atoms with Gasteiger partial charge in [-0.3, -0.25) is 9.59 Å². The van der Waals surface area contributed by atoms with Gasteiger partial charge in [-0.1, -0.05) is 198 Å². The van der Waals surface area contributed by atoms with Crippen LogP contribution in [-0.2, 0) is 23.8 Å². The normalized spacial score (nSPS) is 20.5. The first-order valence-electron chi connectivity index (χ1n) is 26.9. The van der Waals surface area contributed by atoms with Crippen LogP contribution in [0.25, 0.3) is 0 Å². The van der Waals surface area contributed by atoms with Crippen molar-refractivity contribution in [1.82, 2.24) is 5.32 Å². The van der Waals surface area contributed by atoms with Crippen molar-refractivity contribution in [2.75, 3.05) is 13.2 Å². The lowest BCUT2D eigenvalue weighted by Crippen LogP contribution is -2.61. The molecular formula is C55H99NO10. The first-order valence-corrected chi connectivity index (χ1v) is 26.9. The van der Waals surface area contributed by atoms with Gasteiger partial charge in [-0.15, -0.1) is 0 Å². The third kappa shape index (κ3) is 32.4. The van der Waals surface area contributed by atoms with Gasteiger partial charge in [0.05, 0.1) is 25.4 Å². The number of hydrogen-bond donors (Lipinski definition) is 6. The molecule has 8 unspecified atom stereocenters. The molecule has 0 aromatic heterocycles. The smallest absolute Gasteiger partial charge is 0.306 e. The maximum absolute atomic E-state index is 13.3. The van der Waals surface area contributed by atoms with Crippen molar-refractivity contribution in [3.8, 4) is 0 Å². The van der Waals surface area contributed by atoms with Crippen LogP contribution in [0.4, 0.5) is 0 Å². The summed E-state index contributed by atoms with van der Waals surface area (Å²) in [6.07, 6.45) is 40.4. The lowest BCUT2D eigenvalue weighted by Gasteiger charge is -2.41. The summed E-state index contributed by atoms with van der Waals surface area (Å²) in [7, 11) is 0. The largest absolute Gasteiger partial charge is 0.454 e. The Morgan fingerprint density at radius 1 is 0.591 bits per heavy atom. The van der Waals surface area contributed by atoms with E-state index < -0.39 is 67.4 Å². The predicted octanol–water partition coefficient (Wildman–Crippen LogP) is 11.3. The summed E-state index contributed by atoms with van der Waals surface area (Å²) >= 11 is 0. The molecule has 0 spiro atoms. The number of carbonyl (C=O) groups is 2. The third-order valence-corrected chi connectivity index (χ3v) is 12.5. The van der Waals surface area contributed by atoms with Crippen molar-refractivity contribution in [3.63, 3.8) is 0 Å². The number of rotatable bonds is 44. The number of carbonyl (C=O) groups excluding carboxylic acids is 2. The fourth-order valence-electron chi connectivity index (χ4n) is 8.10. The van der Waals surface area contributed by atoms with Crippen LogP contribution in [0.5, 0.6) is 0 Å². The molecular weight excluding hydrogens is 835 g/mol. The van der Waals surface area contributed by atoms with Gasteiger partial charge in [0.2, 0.25) is 5.91 Å². The van der Waals surface area contributed by atoms with E-state index in [0.29, 0.717) is 12.8 Å². The van der Waals surface area contributed by atoms with Crippen molar-refractivity contribution in [1.29, 1.82) is 0 Å². The standard InChI is InChI=1S/C55H99NO10/c1-4-7-10-13-16-19-22-25-28-31-34-37-40-43-50(60)66-53-52(62)51(61)49(44-57)65-55(53)64-45-46(47(58)41-38-35-32-29-26-23-20-17-14-11-8-5-2)56-54(63)48(59)42-39-36-33-30-27-24-21-18-15-12-9-6-3/h25,27-28,30,36,38-39,41,46-49,51-53,55,57-59,61-62H,4-24,26,29,31-35,37,40,42-45H2,1-3H3,(H,56,63)/b28-25-,30-27-,39-36+,41-38+. The second-order valence-corrected chi connectivity index (χ2v) is 18.6. The summed E-state index contributed by atoms with van der Waals surface area (Å²) in [6, 6.07) is -1.05. The van der Waals surface area contributed by atoms with Crippen molar-refractivity contribution in [2.45, 2.75) is 275 Å². The molecule has 1 saturated heterocycles. The van der Waals surface area contributed by atoms with Gasteiger partial charge in [0.25, 0.3) is 0 Å². The van der Waals surface area contributed by atoms with E-state index in [0.717, 1.165) is 57.8 Å². The molecule has 0 bridgehead atoms. The van der Waals surface area contributed by atoms with Crippen LogP contribution < -0.4 is 5.32 Å². The summed E-state index contributed by atoms with van der Waals surface area (Å²) in [6.45, 7) is 5.69. The molecule has 384 valence electrons. The lowest BCUT2D eigenvalue weighted by atomic mass is 9.99. The molecule has 8 atom stereocenters. The van der Waals surface area contributed by atoms with Gasteiger partial charge < -0.3 is 45.1 Å². The van der Waals surface area contributed by atoms with E-state index in [1.165, 1.54) is 122 Å². The highest BCUT2D eigenvalue weighted by Gasteiger charge is 2.47. The van der Waals surface area contributed by atoms with E-state index in [1.54, 1.807) is 12.2 Å². The molecule has 1 rings (SSSR count). The van der Waals surface area contributed by atoms with Crippen molar-refractivity contribution in [2.24, 2.45) is 0 Å². The van der Waals surface area contributed by atoms with Gasteiger partial charge in [0.1, 0.15) is 24.4 Å². The van der Waals surface area contributed by atoms with Crippen molar-refractivity contribution in [3.05, 3.63) is 48.6 Å². The third-order valence-electron chi connectivity index (χ3n) is 12.5. The zero-order valence-corrected chi connectivity index (χ0v) is 42.1. The highest BCUT2D eigenvalue weighted by molar-refractivity contribution is 5.81. The molecule has 1 heterocycles.